The predicted octanol–water partition coefficient (Wildman–Crippen LogP) is 5.07. The predicted molar refractivity (Wildman–Crippen MR) is 165 cm³/mol. The van der Waals surface area contributed by atoms with Gasteiger partial charge in [-0.15, -0.1) is 0 Å². The zero-order valence-corrected chi connectivity index (χ0v) is 25.1. The molecule has 0 aliphatic carbocycles. The molecular weight excluding hydrogens is 514 g/mol. The number of nitrogens with zero attached hydrogens (tertiary/aromatic N) is 1. The third kappa shape index (κ3) is 9.73. The first-order chi connectivity index (χ1) is 19.7. The van der Waals surface area contributed by atoms with Crippen LogP contribution in [0, 0.1) is 13.8 Å². The Labute approximate surface area is 244 Å². The number of aryl methyl sites for hydroxylation is 2. The van der Waals surface area contributed by atoms with Crippen LogP contribution in [-0.4, -0.2) is 60.7 Å². The molecule has 0 unspecified atom stereocenters. The monoisotopic (exact) mass is 559 g/mol. The summed E-state index contributed by atoms with van der Waals surface area (Å²) in [6.07, 6.45) is 1.36. The van der Waals surface area contributed by atoms with E-state index in [0.29, 0.717) is 37.2 Å². The second-order valence-corrected chi connectivity index (χ2v) is 10.7. The highest BCUT2D eigenvalue weighted by atomic mass is 16.5. The van der Waals surface area contributed by atoms with Gasteiger partial charge in [0, 0.05) is 37.3 Å². The number of carbonyl (C=O) groups excluding carboxylic acids is 2. The van der Waals surface area contributed by atoms with E-state index in [9.17, 15) is 14.7 Å². The number of ether oxygens (including phenoxy) is 1. The van der Waals surface area contributed by atoms with Crippen molar-refractivity contribution in [1.82, 2.24) is 15.5 Å². The number of benzene rings is 3. The van der Waals surface area contributed by atoms with Crippen LogP contribution >= 0.6 is 0 Å². The van der Waals surface area contributed by atoms with Crippen molar-refractivity contribution in [3.05, 3.63) is 100 Å². The summed E-state index contributed by atoms with van der Waals surface area (Å²) in [6.45, 7) is 10.2. The van der Waals surface area contributed by atoms with E-state index in [1.165, 1.54) is 0 Å². The number of aliphatic hydroxyl groups excluding tert-OH is 1. The van der Waals surface area contributed by atoms with Crippen LogP contribution in [0.2, 0.25) is 0 Å². The van der Waals surface area contributed by atoms with Crippen LogP contribution in [0.4, 0.5) is 0 Å². The average Bonchev–Trinajstić information content (AvgIpc) is 2.97. The molecule has 3 rings (SSSR count). The fourth-order valence-corrected chi connectivity index (χ4v) is 4.88. The van der Waals surface area contributed by atoms with Crippen LogP contribution in [0.3, 0.4) is 0 Å². The lowest BCUT2D eigenvalue weighted by Gasteiger charge is -2.25. The lowest BCUT2D eigenvalue weighted by Crippen LogP contribution is -2.48. The normalized spacial score (nSPS) is 12.4. The number of aliphatic hydroxyl groups is 1. The summed E-state index contributed by atoms with van der Waals surface area (Å²) in [5, 5.41) is 17.6. The number of methoxy groups -OCH3 is 1. The Kier molecular flexibility index (Phi) is 12.4. The van der Waals surface area contributed by atoms with Gasteiger partial charge in [-0.05, 0) is 80.1 Å². The van der Waals surface area contributed by atoms with Crippen molar-refractivity contribution >= 4 is 11.8 Å². The summed E-state index contributed by atoms with van der Waals surface area (Å²) in [5.41, 5.74) is 4.95. The maximum absolute atomic E-state index is 13.5. The minimum Gasteiger partial charge on any atom is -0.497 e. The highest BCUT2D eigenvalue weighted by molar-refractivity contribution is 6.00. The number of nitrogens with one attached hydrogen (secondary N) is 2. The molecule has 0 saturated heterocycles. The van der Waals surface area contributed by atoms with E-state index in [0.717, 1.165) is 40.8 Å². The van der Waals surface area contributed by atoms with Gasteiger partial charge in [-0.3, -0.25) is 9.59 Å². The highest BCUT2D eigenvalue weighted by Gasteiger charge is 2.24. The lowest BCUT2D eigenvalue weighted by atomic mass is 9.99. The summed E-state index contributed by atoms with van der Waals surface area (Å²) in [5.74, 6) is 0.395. The van der Waals surface area contributed by atoms with E-state index in [2.05, 4.69) is 24.5 Å². The van der Waals surface area contributed by atoms with Crippen LogP contribution in [0.15, 0.2) is 66.7 Å². The molecule has 3 N–H and O–H groups in total. The summed E-state index contributed by atoms with van der Waals surface area (Å²) in [4.78, 5) is 28.6. The molecule has 2 amide bonds. The van der Waals surface area contributed by atoms with Crippen LogP contribution in [0.5, 0.6) is 5.75 Å². The van der Waals surface area contributed by atoms with Crippen LogP contribution in [0.25, 0.3) is 0 Å². The van der Waals surface area contributed by atoms with Crippen molar-refractivity contribution in [2.24, 2.45) is 0 Å². The molecule has 7 heteroatoms. The van der Waals surface area contributed by atoms with E-state index >= 15 is 0 Å². The largest absolute Gasteiger partial charge is 0.497 e. The van der Waals surface area contributed by atoms with E-state index in [-0.39, 0.29) is 18.4 Å². The van der Waals surface area contributed by atoms with Gasteiger partial charge in [-0.1, -0.05) is 55.8 Å². The minimum absolute atomic E-state index is 0.0653. The molecule has 0 spiro atoms. The van der Waals surface area contributed by atoms with Gasteiger partial charge in [0.2, 0.25) is 0 Å². The third-order valence-corrected chi connectivity index (χ3v) is 7.03. The zero-order chi connectivity index (χ0) is 29.8. The molecule has 0 heterocycles. The summed E-state index contributed by atoms with van der Waals surface area (Å²) in [7, 11) is 1.63. The van der Waals surface area contributed by atoms with Gasteiger partial charge in [0.15, 0.2) is 0 Å². The lowest BCUT2D eigenvalue weighted by molar-refractivity contribution is 0.0755. The van der Waals surface area contributed by atoms with Gasteiger partial charge >= 0.3 is 0 Å². The van der Waals surface area contributed by atoms with Crippen molar-refractivity contribution in [1.29, 1.82) is 0 Å². The Morgan fingerprint density at radius 2 is 1.56 bits per heavy atom. The third-order valence-electron chi connectivity index (χ3n) is 7.03. The molecule has 0 radical (unpaired) electrons. The molecule has 41 heavy (non-hydrogen) atoms. The molecule has 220 valence electrons. The van der Waals surface area contributed by atoms with Crippen molar-refractivity contribution in [2.45, 2.75) is 65.6 Å². The minimum atomic E-state index is -0.846. The van der Waals surface area contributed by atoms with Gasteiger partial charge in [-0.25, -0.2) is 0 Å². The second-order valence-electron chi connectivity index (χ2n) is 10.7. The van der Waals surface area contributed by atoms with Crippen molar-refractivity contribution in [3.8, 4) is 5.75 Å². The SMILES string of the molecule is CCCN(CCC)C(=O)c1cc(C)cc(C(=O)N[C@@H](Cc2ccc(C)cc2)[C@H](O)CNCc2cccc(OC)c2)c1. The standard InChI is InChI=1S/C34H45N3O4/c1-6-15-37(16-7-2)34(40)29-18-25(4)17-28(21-29)33(39)36-31(20-26-13-11-24(3)12-14-26)32(38)23-35-22-27-9-8-10-30(19-27)41-5/h8-14,17-19,21,31-32,35,38H,6-7,15-16,20,22-23H2,1-5H3,(H,36,39)/t31-,32+/m0/s1. The molecule has 0 fully saturated rings. The second kappa shape index (κ2) is 15.9. The molecule has 0 aliphatic rings. The quantitative estimate of drug-likeness (QED) is 0.242. The Hall–Kier alpha value is -3.68. The molecule has 0 saturated carbocycles. The zero-order valence-electron chi connectivity index (χ0n) is 25.1. The van der Waals surface area contributed by atoms with Gasteiger partial charge < -0.3 is 25.4 Å². The van der Waals surface area contributed by atoms with Gasteiger partial charge in [-0.2, -0.15) is 0 Å². The van der Waals surface area contributed by atoms with Gasteiger partial charge in [0.25, 0.3) is 11.8 Å². The number of amides is 2. The molecule has 7 nitrogen and oxygen atoms in total. The first-order valence-electron chi connectivity index (χ1n) is 14.5. The van der Waals surface area contributed by atoms with Crippen molar-refractivity contribution < 1.29 is 19.4 Å². The maximum atomic E-state index is 13.5. The average molecular weight is 560 g/mol. The fraction of sp³-hybridized carbons (Fsp3) is 0.412. The van der Waals surface area contributed by atoms with Gasteiger partial charge in [0.05, 0.1) is 19.3 Å². The number of rotatable bonds is 15. The Morgan fingerprint density at radius 1 is 0.878 bits per heavy atom. The first kappa shape index (κ1) is 31.8. The fourth-order valence-electron chi connectivity index (χ4n) is 4.88. The van der Waals surface area contributed by atoms with Gasteiger partial charge in [0.1, 0.15) is 5.75 Å². The van der Waals surface area contributed by atoms with Crippen molar-refractivity contribution in [3.63, 3.8) is 0 Å². The summed E-state index contributed by atoms with van der Waals surface area (Å²) < 4.78 is 5.30. The van der Waals surface area contributed by atoms with Crippen molar-refractivity contribution in [2.75, 3.05) is 26.7 Å². The number of carbonyl (C=O) groups is 2. The van der Waals surface area contributed by atoms with Crippen LogP contribution < -0.4 is 15.4 Å². The van der Waals surface area contributed by atoms with E-state index < -0.39 is 12.1 Å². The van der Waals surface area contributed by atoms with E-state index in [1.54, 1.807) is 19.2 Å². The summed E-state index contributed by atoms with van der Waals surface area (Å²) in [6, 6.07) is 20.6. The summed E-state index contributed by atoms with van der Waals surface area (Å²) >= 11 is 0. The number of hydrogen-bond acceptors (Lipinski definition) is 5. The van der Waals surface area contributed by atoms with Crippen LogP contribution in [0.1, 0.15) is 69.7 Å². The highest BCUT2D eigenvalue weighted by Crippen LogP contribution is 2.16. The van der Waals surface area contributed by atoms with E-state index in [1.807, 2.05) is 73.3 Å². The van der Waals surface area contributed by atoms with E-state index in [4.69, 9.17) is 4.74 Å². The Balaban J connectivity index is 1.77. The topological polar surface area (TPSA) is 90.9 Å². The molecule has 0 bridgehead atoms. The smallest absolute Gasteiger partial charge is 0.253 e. The molecular formula is C34H45N3O4. The first-order valence-corrected chi connectivity index (χ1v) is 14.5. The Morgan fingerprint density at radius 3 is 2.22 bits per heavy atom. The molecule has 3 aromatic carbocycles. The molecule has 2 atom stereocenters. The maximum Gasteiger partial charge on any atom is 0.253 e. The van der Waals surface area contributed by atoms with Crippen LogP contribution in [-0.2, 0) is 13.0 Å². The molecule has 0 aromatic heterocycles. The Bertz CT molecular complexity index is 1270. The molecule has 3 aromatic rings. The molecule has 0 aliphatic heterocycles. The number of hydrogen-bond donors (Lipinski definition) is 3.